The number of azo groups is 1. The fraction of sp³-hybridized carbons (Fsp3) is 0.567. The average Bonchev–Trinajstić information content (AvgIpc) is 2.91. The Balaban J connectivity index is 2.35. The van der Waals surface area contributed by atoms with Crippen molar-refractivity contribution in [3.8, 4) is 11.9 Å². The molecule has 1 heterocycles. The molecule has 0 bridgehead atoms. The van der Waals surface area contributed by atoms with E-state index >= 15 is 0 Å². The van der Waals surface area contributed by atoms with Gasteiger partial charge in [-0.15, -0.1) is 5.11 Å². The molecule has 0 radical (unpaired) electrons. The van der Waals surface area contributed by atoms with Gasteiger partial charge in [0.1, 0.15) is 17.3 Å². The van der Waals surface area contributed by atoms with Crippen molar-refractivity contribution in [3.05, 3.63) is 51.3 Å². The van der Waals surface area contributed by atoms with Crippen LogP contribution in [0.5, 0.6) is 5.88 Å². The zero-order chi connectivity index (χ0) is 28.1. The molecular formula is C30H43N5O3. The van der Waals surface area contributed by atoms with Crippen LogP contribution in [-0.2, 0) is 0 Å². The maximum absolute atomic E-state index is 13.8. The van der Waals surface area contributed by atoms with Crippen LogP contribution in [0.15, 0.2) is 39.3 Å². The van der Waals surface area contributed by atoms with Gasteiger partial charge in [0.25, 0.3) is 11.5 Å². The SMILES string of the molecule is CCCCC(CC)CN(CC(CC)CCCC)C(=O)c1cccc(/N=N/c2c(O)[nH]c(=O)c(C#N)c2C)c1. The minimum Gasteiger partial charge on any atom is -0.493 e. The van der Waals surface area contributed by atoms with Crippen LogP contribution in [0.3, 0.4) is 0 Å². The normalized spacial score (nSPS) is 12.8. The van der Waals surface area contributed by atoms with Gasteiger partial charge < -0.3 is 10.0 Å². The number of amides is 1. The molecule has 0 aliphatic heterocycles. The molecule has 2 aromatic rings. The van der Waals surface area contributed by atoms with E-state index in [-0.39, 0.29) is 22.7 Å². The Morgan fingerprint density at radius 3 is 2.18 bits per heavy atom. The molecule has 0 aliphatic rings. The first-order chi connectivity index (χ1) is 18.3. The molecule has 206 valence electrons. The molecule has 1 aromatic carbocycles. The van der Waals surface area contributed by atoms with Crippen LogP contribution in [0, 0.1) is 30.1 Å². The Bertz CT molecular complexity index is 1160. The van der Waals surface area contributed by atoms with E-state index in [4.69, 9.17) is 0 Å². The third-order valence-electron chi connectivity index (χ3n) is 7.21. The van der Waals surface area contributed by atoms with Crippen molar-refractivity contribution < 1.29 is 9.90 Å². The molecule has 2 N–H and O–H groups in total. The number of benzene rings is 1. The Kier molecular flexibility index (Phi) is 12.7. The second-order valence-electron chi connectivity index (χ2n) is 10.1. The summed E-state index contributed by atoms with van der Waals surface area (Å²) in [6, 6.07) is 8.81. The number of pyridine rings is 1. The van der Waals surface area contributed by atoms with Gasteiger partial charge in [0, 0.05) is 24.2 Å². The van der Waals surface area contributed by atoms with E-state index < -0.39 is 11.4 Å². The number of H-pyrrole nitrogens is 1. The molecule has 0 spiro atoms. The molecule has 2 rings (SSSR count). The molecule has 8 nitrogen and oxygen atoms in total. The number of nitriles is 1. The lowest BCUT2D eigenvalue weighted by Gasteiger charge is -2.31. The number of rotatable bonds is 15. The van der Waals surface area contributed by atoms with E-state index in [1.807, 2.05) is 11.0 Å². The van der Waals surface area contributed by atoms with Crippen molar-refractivity contribution in [1.29, 1.82) is 5.26 Å². The first kappa shape index (κ1) is 30.8. The van der Waals surface area contributed by atoms with Gasteiger partial charge in [-0.3, -0.25) is 14.6 Å². The van der Waals surface area contributed by atoms with Crippen molar-refractivity contribution in [2.75, 3.05) is 13.1 Å². The molecule has 1 aromatic heterocycles. The predicted octanol–water partition coefficient (Wildman–Crippen LogP) is 7.55. The largest absolute Gasteiger partial charge is 0.493 e. The summed E-state index contributed by atoms with van der Waals surface area (Å²) < 4.78 is 0. The van der Waals surface area contributed by atoms with Crippen LogP contribution in [0.2, 0.25) is 0 Å². The molecule has 38 heavy (non-hydrogen) atoms. The van der Waals surface area contributed by atoms with Crippen LogP contribution in [-0.4, -0.2) is 34.0 Å². The van der Waals surface area contributed by atoms with Gasteiger partial charge >= 0.3 is 0 Å². The first-order valence-electron chi connectivity index (χ1n) is 14.0. The lowest BCUT2D eigenvalue weighted by Crippen LogP contribution is -2.39. The van der Waals surface area contributed by atoms with Crippen LogP contribution in [0.4, 0.5) is 11.4 Å². The van der Waals surface area contributed by atoms with E-state index in [1.165, 1.54) is 6.92 Å². The fourth-order valence-electron chi connectivity index (χ4n) is 4.64. The number of carbonyl (C=O) groups is 1. The summed E-state index contributed by atoms with van der Waals surface area (Å²) in [5.74, 6) is 0.461. The monoisotopic (exact) mass is 521 g/mol. The third kappa shape index (κ3) is 8.54. The molecule has 1 amide bonds. The van der Waals surface area contributed by atoms with Gasteiger partial charge in [-0.05, 0) is 49.8 Å². The summed E-state index contributed by atoms with van der Waals surface area (Å²) in [7, 11) is 0. The molecule has 0 fully saturated rings. The van der Waals surface area contributed by atoms with Gasteiger partial charge in [-0.2, -0.15) is 10.4 Å². The topological polar surface area (TPSA) is 122 Å². The minimum atomic E-state index is -0.678. The number of nitrogens with one attached hydrogen (secondary N) is 1. The van der Waals surface area contributed by atoms with Crippen LogP contribution in [0.1, 0.15) is 101 Å². The van der Waals surface area contributed by atoms with Gasteiger partial charge in [0.2, 0.25) is 5.88 Å². The second kappa shape index (κ2) is 15.7. The molecule has 0 aliphatic carbocycles. The van der Waals surface area contributed by atoms with Crippen molar-refractivity contribution in [1.82, 2.24) is 9.88 Å². The molecule has 0 saturated heterocycles. The van der Waals surface area contributed by atoms with Crippen LogP contribution >= 0.6 is 0 Å². The number of nitrogens with zero attached hydrogens (tertiary/aromatic N) is 4. The number of hydrogen-bond donors (Lipinski definition) is 2. The van der Waals surface area contributed by atoms with Gasteiger partial charge in [0.05, 0.1) is 5.69 Å². The Morgan fingerprint density at radius 1 is 1.05 bits per heavy atom. The highest BCUT2D eigenvalue weighted by Crippen LogP contribution is 2.30. The van der Waals surface area contributed by atoms with E-state index in [0.29, 0.717) is 23.1 Å². The summed E-state index contributed by atoms with van der Waals surface area (Å²) in [6.07, 6.45) is 8.92. The number of unbranched alkanes of at least 4 members (excludes halogenated alkanes) is 2. The van der Waals surface area contributed by atoms with Gasteiger partial charge in [0.15, 0.2) is 0 Å². The van der Waals surface area contributed by atoms with Crippen molar-refractivity contribution in [2.24, 2.45) is 22.1 Å². The second-order valence-corrected chi connectivity index (χ2v) is 10.1. The quantitative estimate of drug-likeness (QED) is 0.235. The maximum atomic E-state index is 13.8. The summed E-state index contributed by atoms with van der Waals surface area (Å²) in [6.45, 7) is 11.8. The van der Waals surface area contributed by atoms with Gasteiger partial charge in [-0.1, -0.05) is 72.3 Å². The summed E-state index contributed by atoms with van der Waals surface area (Å²) in [5, 5.41) is 27.7. The first-order valence-corrected chi connectivity index (χ1v) is 14.0. The zero-order valence-electron chi connectivity index (χ0n) is 23.6. The van der Waals surface area contributed by atoms with E-state index in [0.717, 1.165) is 64.5 Å². The molecule has 2 unspecified atom stereocenters. The minimum absolute atomic E-state index is 0.0122. The lowest BCUT2D eigenvalue weighted by molar-refractivity contribution is 0.0685. The Morgan fingerprint density at radius 2 is 1.66 bits per heavy atom. The standard InChI is InChI=1S/C30H43N5O3/c1-6-10-13-22(8-3)19-35(20-23(9-4)14-11-7-2)30(38)24-15-12-16-25(17-24)33-34-27-21(5)26(18-31)28(36)32-29(27)37/h12,15-17,22-23H,6-11,13-14,19-20H2,1-5H3,(H2,32,36,37)/b34-33+. The molecule has 2 atom stereocenters. The smallest absolute Gasteiger partial charge is 0.269 e. The summed E-state index contributed by atoms with van der Waals surface area (Å²) in [5.41, 5.74) is 0.433. The summed E-state index contributed by atoms with van der Waals surface area (Å²) >= 11 is 0. The number of aromatic amines is 1. The molecule has 0 saturated carbocycles. The van der Waals surface area contributed by atoms with E-state index in [1.54, 1.807) is 24.3 Å². The zero-order valence-corrected chi connectivity index (χ0v) is 23.6. The van der Waals surface area contributed by atoms with E-state index in [9.17, 15) is 20.0 Å². The van der Waals surface area contributed by atoms with Gasteiger partial charge in [-0.25, -0.2) is 0 Å². The molecular weight excluding hydrogens is 478 g/mol. The number of carbonyl (C=O) groups excluding carboxylic acids is 1. The Hall–Kier alpha value is -3.47. The Labute approximate surface area is 226 Å². The summed E-state index contributed by atoms with van der Waals surface area (Å²) in [4.78, 5) is 29.9. The maximum Gasteiger partial charge on any atom is 0.269 e. The van der Waals surface area contributed by atoms with Crippen molar-refractivity contribution in [2.45, 2.75) is 86.0 Å². The third-order valence-corrected chi connectivity index (χ3v) is 7.21. The number of aromatic nitrogens is 1. The van der Waals surface area contributed by atoms with E-state index in [2.05, 4.69) is 42.9 Å². The molecule has 8 heteroatoms. The number of hydrogen-bond acceptors (Lipinski definition) is 6. The average molecular weight is 522 g/mol. The van der Waals surface area contributed by atoms with Crippen LogP contribution in [0.25, 0.3) is 0 Å². The fourth-order valence-corrected chi connectivity index (χ4v) is 4.64. The highest BCUT2D eigenvalue weighted by molar-refractivity contribution is 5.95. The highest BCUT2D eigenvalue weighted by Gasteiger charge is 2.23. The van der Waals surface area contributed by atoms with Crippen molar-refractivity contribution in [3.63, 3.8) is 0 Å². The predicted molar refractivity (Wildman–Crippen MR) is 151 cm³/mol. The lowest BCUT2D eigenvalue weighted by atomic mass is 9.95. The highest BCUT2D eigenvalue weighted by atomic mass is 16.3. The number of aromatic hydroxyl groups is 1. The van der Waals surface area contributed by atoms with Crippen LogP contribution < -0.4 is 5.56 Å². The van der Waals surface area contributed by atoms with Crippen molar-refractivity contribution >= 4 is 17.3 Å².